The summed E-state index contributed by atoms with van der Waals surface area (Å²) in [5.41, 5.74) is 5.82. The molecular weight excluding hydrogens is 465 g/mol. The number of benzene rings is 1. The molecule has 2 aliphatic rings. The molecule has 2 saturated heterocycles. The minimum atomic E-state index is -0.824. The van der Waals surface area contributed by atoms with Gasteiger partial charge in [0.05, 0.1) is 48.5 Å². The maximum atomic E-state index is 12.5. The van der Waals surface area contributed by atoms with Crippen molar-refractivity contribution in [1.82, 2.24) is 9.78 Å². The molecule has 36 heavy (non-hydrogen) atoms. The number of rotatable bonds is 6. The number of nitrogens with zero attached hydrogens (tertiary/aromatic N) is 3. The number of amides is 1. The van der Waals surface area contributed by atoms with Gasteiger partial charge >= 0.3 is 13.1 Å². The number of carbonyl (C=O) groups is 2. The number of esters is 1. The molecule has 1 aromatic heterocycles. The van der Waals surface area contributed by atoms with Gasteiger partial charge in [-0.2, -0.15) is 10.4 Å². The molecule has 2 fully saturated rings. The van der Waals surface area contributed by atoms with E-state index in [9.17, 15) is 14.9 Å². The highest BCUT2D eigenvalue weighted by atomic mass is 16.7. The lowest BCUT2D eigenvalue weighted by Gasteiger charge is -2.32. The van der Waals surface area contributed by atoms with E-state index in [1.54, 1.807) is 22.9 Å². The van der Waals surface area contributed by atoms with Crippen LogP contribution in [-0.4, -0.2) is 60.3 Å². The third-order valence-corrected chi connectivity index (χ3v) is 7.06. The van der Waals surface area contributed by atoms with Crippen LogP contribution in [0.4, 0.5) is 11.5 Å². The number of nitrogens with two attached hydrogens (primary N) is 1. The molecule has 12 heteroatoms. The van der Waals surface area contributed by atoms with E-state index in [0.29, 0.717) is 36.3 Å². The van der Waals surface area contributed by atoms with Crippen LogP contribution in [0.15, 0.2) is 24.4 Å². The van der Waals surface area contributed by atoms with Crippen molar-refractivity contribution in [2.45, 2.75) is 51.4 Å². The van der Waals surface area contributed by atoms with Gasteiger partial charge in [0.15, 0.2) is 5.82 Å². The average Bonchev–Trinajstić information content (AvgIpc) is 3.35. The molecule has 2 aliphatic heterocycles. The summed E-state index contributed by atoms with van der Waals surface area (Å²) in [5, 5.41) is 17.2. The Balaban J connectivity index is 1.70. The van der Waals surface area contributed by atoms with Gasteiger partial charge in [0, 0.05) is 18.5 Å². The van der Waals surface area contributed by atoms with Crippen molar-refractivity contribution >= 4 is 36.0 Å². The van der Waals surface area contributed by atoms with Gasteiger partial charge in [0.2, 0.25) is 0 Å². The molecule has 1 aromatic carbocycles. The molecule has 190 valence electrons. The van der Waals surface area contributed by atoms with Crippen LogP contribution in [0, 0.1) is 17.2 Å². The van der Waals surface area contributed by atoms with E-state index in [1.165, 1.54) is 13.3 Å². The fourth-order valence-corrected chi connectivity index (χ4v) is 4.21. The molecule has 0 bridgehead atoms. The molecule has 2 unspecified atom stereocenters. The summed E-state index contributed by atoms with van der Waals surface area (Å²) in [4.78, 5) is 24.7. The number of nitrogens with one attached hydrogen (secondary N) is 1. The molecule has 0 saturated carbocycles. The van der Waals surface area contributed by atoms with Gasteiger partial charge in [-0.1, -0.05) is 0 Å². The van der Waals surface area contributed by atoms with E-state index in [1.807, 2.05) is 27.7 Å². The highest BCUT2D eigenvalue weighted by Crippen LogP contribution is 2.37. The van der Waals surface area contributed by atoms with Gasteiger partial charge in [-0.3, -0.25) is 9.48 Å². The minimum absolute atomic E-state index is 0.159. The van der Waals surface area contributed by atoms with E-state index in [2.05, 4.69) is 16.5 Å². The molecule has 0 aliphatic carbocycles. The Morgan fingerprint density at radius 3 is 2.56 bits per heavy atom. The zero-order chi connectivity index (χ0) is 26.3. The summed E-state index contributed by atoms with van der Waals surface area (Å²) < 4.78 is 24.4. The average molecular weight is 495 g/mol. The van der Waals surface area contributed by atoms with Gasteiger partial charge < -0.3 is 29.8 Å². The Labute approximate surface area is 210 Å². The fourth-order valence-electron chi connectivity index (χ4n) is 4.21. The standard InChI is InChI=1S/C24H30BN5O6/c1-23(2)24(3,4)36-25(35-23)18-10-15(6-7-16(18)22(32)33-5)28-21-17(20(27)31)12-30(29-21)19-13-34-9-8-14(19)11-26/h6-7,10,12,14,19H,8-9,13H2,1-5H3,(H2,27,31)(H,28,29). The number of anilines is 2. The van der Waals surface area contributed by atoms with Crippen molar-refractivity contribution in [3.05, 3.63) is 35.5 Å². The lowest BCUT2D eigenvalue weighted by Crippen LogP contribution is -2.41. The third kappa shape index (κ3) is 4.69. The van der Waals surface area contributed by atoms with Crippen LogP contribution < -0.4 is 16.5 Å². The second kappa shape index (κ2) is 9.57. The SMILES string of the molecule is COC(=O)c1ccc(Nc2nn(C3COCCC3C#N)cc2C(N)=O)cc1B1OC(C)(C)C(C)(C)O1. The van der Waals surface area contributed by atoms with Gasteiger partial charge in [0.25, 0.3) is 5.91 Å². The number of hydrogen-bond acceptors (Lipinski definition) is 9. The van der Waals surface area contributed by atoms with Gasteiger partial charge in [-0.05, 0) is 57.8 Å². The molecule has 0 spiro atoms. The maximum absolute atomic E-state index is 12.5. The molecule has 3 heterocycles. The number of carbonyl (C=O) groups excluding carboxylic acids is 2. The molecule has 1 amide bonds. The highest BCUT2D eigenvalue weighted by Gasteiger charge is 2.52. The number of hydrogen-bond donors (Lipinski definition) is 2. The molecule has 11 nitrogen and oxygen atoms in total. The Morgan fingerprint density at radius 2 is 1.94 bits per heavy atom. The predicted octanol–water partition coefficient (Wildman–Crippen LogP) is 1.91. The summed E-state index contributed by atoms with van der Waals surface area (Å²) in [7, 11) is 0.479. The topological polar surface area (TPSA) is 151 Å². The van der Waals surface area contributed by atoms with Gasteiger partial charge in [-0.15, -0.1) is 0 Å². The summed E-state index contributed by atoms with van der Waals surface area (Å²) in [6.45, 7) is 8.48. The second-order valence-electron chi connectivity index (χ2n) is 9.91. The molecule has 2 aromatic rings. The van der Waals surface area contributed by atoms with E-state index >= 15 is 0 Å². The number of methoxy groups -OCH3 is 1. The smallest absolute Gasteiger partial charge is 0.465 e. The highest BCUT2D eigenvalue weighted by molar-refractivity contribution is 6.63. The Morgan fingerprint density at radius 1 is 1.25 bits per heavy atom. The quantitative estimate of drug-likeness (QED) is 0.452. The first-order valence-electron chi connectivity index (χ1n) is 11.7. The summed E-state index contributed by atoms with van der Waals surface area (Å²) in [6, 6.07) is 6.88. The molecular formula is C24H30BN5O6. The summed E-state index contributed by atoms with van der Waals surface area (Å²) >= 11 is 0. The zero-order valence-corrected chi connectivity index (χ0v) is 21.0. The number of primary amides is 1. The van der Waals surface area contributed by atoms with Crippen LogP contribution in [-0.2, 0) is 18.8 Å². The monoisotopic (exact) mass is 495 g/mol. The lowest BCUT2D eigenvalue weighted by molar-refractivity contribution is 0.00578. The minimum Gasteiger partial charge on any atom is -0.465 e. The van der Waals surface area contributed by atoms with Crippen molar-refractivity contribution in [3.63, 3.8) is 0 Å². The molecule has 0 radical (unpaired) electrons. The molecule has 3 N–H and O–H groups in total. The largest absolute Gasteiger partial charge is 0.495 e. The number of ether oxygens (including phenoxy) is 2. The van der Waals surface area contributed by atoms with Crippen molar-refractivity contribution < 1.29 is 28.4 Å². The van der Waals surface area contributed by atoms with E-state index < -0.39 is 30.2 Å². The Bertz CT molecular complexity index is 1200. The van der Waals surface area contributed by atoms with Crippen molar-refractivity contribution in [3.8, 4) is 6.07 Å². The van der Waals surface area contributed by atoms with Crippen LogP contribution in [0.1, 0.15) is 60.9 Å². The second-order valence-corrected chi connectivity index (χ2v) is 9.91. The normalized spacial score (nSPS) is 22.6. The first-order valence-corrected chi connectivity index (χ1v) is 11.7. The Kier molecular flexibility index (Phi) is 6.83. The third-order valence-electron chi connectivity index (χ3n) is 7.06. The van der Waals surface area contributed by atoms with E-state index in [-0.39, 0.29) is 23.3 Å². The first-order chi connectivity index (χ1) is 17.0. The zero-order valence-electron chi connectivity index (χ0n) is 21.0. The Hall–Kier alpha value is -3.40. The van der Waals surface area contributed by atoms with Crippen LogP contribution >= 0.6 is 0 Å². The van der Waals surface area contributed by atoms with Gasteiger partial charge in [0.1, 0.15) is 5.56 Å². The summed E-state index contributed by atoms with van der Waals surface area (Å²) in [5.74, 6) is -1.29. The first kappa shape index (κ1) is 25.7. The van der Waals surface area contributed by atoms with Crippen LogP contribution in [0.2, 0.25) is 0 Å². The molecule has 2 atom stereocenters. The number of aromatic nitrogens is 2. The van der Waals surface area contributed by atoms with Crippen molar-refractivity contribution in [1.29, 1.82) is 5.26 Å². The van der Waals surface area contributed by atoms with E-state index in [0.717, 1.165) is 0 Å². The lowest BCUT2D eigenvalue weighted by atomic mass is 9.75. The summed E-state index contributed by atoms with van der Waals surface area (Å²) in [6.07, 6.45) is 2.09. The van der Waals surface area contributed by atoms with Crippen LogP contribution in [0.3, 0.4) is 0 Å². The fraction of sp³-hybridized carbons (Fsp3) is 0.500. The van der Waals surface area contributed by atoms with Crippen LogP contribution in [0.25, 0.3) is 0 Å². The van der Waals surface area contributed by atoms with E-state index in [4.69, 9.17) is 24.5 Å². The van der Waals surface area contributed by atoms with Crippen LogP contribution in [0.5, 0.6) is 0 Å². The van der Waals surface area contributed by atoms with Gasteiger partial charge in [-0.25, -0.2) is 4.79 Å². The van der Waals surface area contributed by atoms with Crippen molar-refractivity contribution in [2.24, 2.45) is 11.7 Å². The number of nitriles is 1. The molecule has 4 rings (SSSR count). The maximum Gasteiger partial charge on any atom is 0.495 e. The van der Waals surface area contributed by atoms with Crippen molar-refractivity contribution in [2.75, 3.05) is 25.6 Å². The predicted molar refractivity (Wildman–Crippen MR) is 131 cm³/mol.